The second kappa shape index (κ2) is 6.49. The van der Waals surface area contributed by atoms with Gasteiger partial charge in [-0.25, -0.2) is 4.79 Å². The molecule has 0 spiro atoms. The van der Waals surface area contributed by atoms with Crippen LogP contribution in [0.25, 0.3) is 6.08 Å². The summed E-state index contributed by atoms with van der Waals surface area (Å²) in [4.78, 5) is 24.2. The number of amides is 1. The number of nitrogens with one attached hydrogen (secondary N) is 1. The number of thiophene rings is 2. The Balaban J connectivity index is 1.93. The minimum absolute atomic E-state index is 0.0835. The van der Waals surface area contributed by atoms with Crippen molar-refractivity contribution in [1.29, 1.82) is 0 Å². The van der Waals surface area contributed by atoms with Crippen LogP contribution in [0, 0.1) is 6.92 Å². The van der Waals surface area contributed by atoms with E-state index in [0.717, 1.165) is 21.4 Å². The summed E-state index contributed by atoms with van der Waals surface area (Å²) >= 11 is 2.96. The Hall–Kier alpha value is -1.92. The summed E-state index contributed by atoms with van der Waals surface area (Å²) in [5.74, 6) is -1.05. The molecule has 0 aliphatic rings. The fourth-order valence-corrected chi connectivity index (χ4v) is 3.27. The van der Waals surface area contributed by atoms with Crippen LogP contribution in [-0.4, -0.2) is 17.0 Å². The molecule has 0 aliphatic carbocycles. The van der Waals surface area contributed by atoms with E-state index in [0.29, 0.717) is 12.1 Å². The summed E-state index contributed by atoms with van der Waals surface area (Å²) < 4.78 is 0. The lowest BCUT2D eigenvalue weighted by atomic mass is 10.2. The van der Waals surface area contributed by atoms with Crippen molar-refractivity contribution in [2.45, 2.75) is 13.5 Å². The zero-order chi connectivity index (χ0) is 14.5. The lowest BCUT2D eigenvalue weighted by molar-refractivity contribution is -0.131. The van der Waals surface area contributed by atoms with Gasteiger partial charge in [0.05, 0.1) is 12.1 Å². The molecule has 2 heterocycles. The fourth-order valence-electron chi connectivity index (χ4n) is 1.59. The van der Waals surface area contributed by atoms with Crippen molar-refractivity contribution in [2.24, 2.45) is 0 Å². The van der Waals surface area contributed by atoms with Crippen molar-refractivity contribution in [3.05, 3.63) is 49.9 Å². The molecule has 0 radical (unpaired) electrons. The lowest BCUT2D eigenvalue weighted by Crippen LogP contribution is -2.22. The molecular formula is C14H13NO3S2. The van der Waals surface area contributed by atoms with Crippen LogP contribution in [-0.2, 0) is 11.3 Å². The molecule has 0 aromatic carbocycles. The molecule has 0 atom stereocenters. The Kier molecular flexibility index (Phi) is 4.70. The second-order valence-electron chi connectivity index (χ2n) is 4.13. The average molecular weight is 307 g/mol. The standard InChI is InChI=1S/C14H13NO3S2/c1-9-7-19-8-12(9)14(18)15-6-11-3-2-10(20-11)4-5-13(16)17/h2-5,7-8H,6H2,1H3,(H,15,18)(H,16,17). The Morgan fingerprint density at radius 1 is 1.35 bits per heavy atom. The van der Waals surface area contributed by atoms with Gasteiger partial charge in [0, 0.05) is 21.2 Å². The summed E-state index contributed by atoms with van der Waals surface area (Å²) in [5, 5.41) is 15.2. The lowest BCUT2D eigenvalue weighted by Gasteiger charge is -2.02. The first-order valence-corrected chi connectivity index (χ1v) is 7.63. The number of hydrogen-bond acceptors (Lipinski definition) is 4. The first kappa shape index (κ1) is 14.5. The van der Waals surface area contributed by atoms with Crippen LogP contribution in [0.2, 0.25) is 0 Å². The normalized spacial score (nSPS) is 10.8. The Morgan fingerprint density at radius 3 is 2.80 bits per heavy atom. The molecule has 2 N–H and O–H groups in total. The van der Waals surface area contributed by atoms with E-state index in [-0.39, 0.29) is 5.91 Å². The van der Waals surface area contributed by atoms with Gasteiger partial charge in [-0.3, -0.25) is 4.79 Å². The number of rotatable bonds is 5. The summed E-state index contributed by atoms with van der Waals surface area (Å²) in [6.45, 7) is 2.35. The quantitative estimate of drug-likeness (QED) is 0.834. The third-order valence-corrected chi connectivity index (χ3v) is 4.51. The Morgan fingerprint density at radius 2 is 2.15 bits per heavy atom. The molecule has 1 amide bonds. The first-order chi connectivity index (χ1) is 9.56. The van der Waals surface area contributed by atoms with Crippen LogP contribution in [0.3, 0.4) is 0 Å². The zero-order valence-corrected chi connectivity index (χ0v) is 12.4. The van der Waals surface area contributed by atoms with Crippen molar-refractivity contribution >= 4 is 40.6 Å². The minimum Gasteiger partial charge on any atom is -0.478 e. The van der Waals surface area contributed by atoms with Gasteiger partial charge in [-0.2, -0.15) is 11.3 Å². The molecule has 0 saturated heterocycles. The van der Waals surface area contributed by atoms with Crippen molar-refractivity contribution in [3.63, 3.8) is 0 Å². The number of aliphatic carboxylic acids is 1. The van der Waals surface area contributed by atoms with Gasteiger partial charge < -0.3 is 10.4 Å². The highest BCUT2D eigenvalue weighted by Crippen LogP contribution is 2.18. The van der Waals surface area contributed by atoms with Crippen LogP contribution in [0.5, 0.6) is 0 Å². The van der Waals surface area contributed by atoms with Gasteiger partial charge in [0.1, 0.15) is 0 Å². The molecule has 0 fully saturated rings. The van der Waals surface area contributed by atoms with Gasteiger partial charge in [0.2, 0.25) is 0 Å². The Labute approximate surface area is 124 Å². The maximum Gasteiger partial charge on any atom is 0.328 e. The highest BCUT2D eigenvalue weighted by Gasteiger charge is 2.09. The van der Waals surface area contributed by atoms with E-state index in [4.69, 9.17) is 5.11 Å². The molecule has 2 aromatic heterocycles. The summed E-state index contributed by atoms with van der Waals surface area (Å²) in [5.41, 5.74) is 1.68. The van der Waals surface area contributed by atoms with Gasteiger partial charge in [0.15, 0.2) is 0 Å². The molecule has 0 aliphatic heterocycles. The van der Waals surface area contributed by atoms with Gasteiger partial charge in [-0.1, -0.05) is 0 Å². The first-order valence-electron chi connectivity index (χ1n) is 5.87. The number of carbonyl (C=O) groups excluding carboxylic acids is 1. The smallest absolute Gasteiger partial charge is 0.328 e. The van der Waals surface area contributed by atoms with E-state index >= 15 is 0 Å². The van der Waals surface area contributed by atoms with Crippen molar-refractivity contribution in [1.82, 2.24) is 5.32 Å². The maximum atomic E-state index is 11.9. The predicted octanol–water partition coefficient (Wildman–Crippen LogP) is 3.15. The highest BCUT2D eigenvalue weighted by atomic mass is 32.1. The van der Waals surface area contributed by atoms with Gasteiger partial charge >= 0.3 is 5.97 Å². The van der Waals surface area contributed by atoms with Crippen molar-refractivity contribution < 1.29 is 14.7 Å². The average Bonchev–Trinajstić information content (AvgIpc) is 3.02. The second-order valence-corrected chi connectivity index (χ2v) is 6.07. The molecule has 20 heavy (non-hydrogen) atoms. The molecule has 2 aromatic rings. The van der Waals surface area contributed by atoms with Crippen LogP contribution in [0.4, 0.5) is 0 Å². The zero-order valence-electron chi connectivity index (χ0n) is 10.8. The van der Waals surface area contributed by atoms with Crippen LogP contribution in [0.15, 0.2) is 29.0 Å². The molecule has 4 nitrogen and oxygen atoms in total. The van der Waals surface area contributed by atoms with Gasteiger partial charge in [-0.05, 0) is 36.1 Å². The summed E-state index contributed by atoms with van der Waals surface area (Å²) in [6.07, 6.45) is 2.64. The minimum atomic E-state index is -0.971. The van der Waals surface area contributed by atoms with E-state index in [9.17, 15) is 9.59 Å². The molecule has 0 bridgehead atoms. The maximum absolute atomic E-state index is 11.9. The van der Waals surface area contributed by atoms with Crippen LogP contribution in [0.1, 0.15) is 25.7 Å². The van der Waals surface area contributed by atoms with Crippen molar-refractivity contribution in [2.75, 3.05) is 0 Å². The summed E-state index contributed by atoms with van der Waals surface area (Å²) in [7, 11) is 0. The number of carbonyl (C=O) groups is 2. The fraction of sp³-hybridized carbons (Fsp3) is 0.143. The molecule has 104 valence electrons. The van der Waals surface area contributed by atoms with Crippen LogP contribution >= 0.6 is 22.7 Å². The molecule has 0 unspecified atom stereocenters. The highest BCUT2D eigenvalue weighted by molar-refractivity contribution is 7.12. The number of carboxylic acid groups (broad SMARTS) is 1. The van der Waals surface area contributed by atoms with E-state index in [2.05, 4.69) is 5.32 Å². The van der Waals surface area contributed by atoms with Crippen LogP contribution < -0.4 is 5.32 Å². The van der Waals surface area contributed by atoms with Gasteiger partial charge in [0.25, 0.3) is 5.91 Å². The molecule has 6 heteroatoms. The third-order valence-electron chi connectivity index (χ3n) is 2.60. The SMILES string of the molecule is Cc1cscc1C(=O)NCc1ccc(C=CC(=O)O)s1. The Bertz CT molecular complexity index is 655. The van der Waals surface area contributed by atoms with Gasteiger partial charge in [-0.15, -0.1) is 11.3 Å². The molecule has 0 saturated carbocycles. The largest absolute Gasteiger partial charge is 0.478 e. The van der Waals surface area contributed by atoms with E-state index in [1.807, 2.05) is 29.8 Å². The molecular weight excluding hydrogens is 294 g/mol. The number of carboxylic acids is 1. The van der Waals surface area contributed by atoms with E-state index < -0.39 is 5.97 Å². The monoisotopic (exact) mass is 307 g/mol. The third kappa shape index (κ3) is 3.79. The number of hydrogen-bond donors (Lipinski definition) is 2. The summed E-state index contributed by atoms with van der Waals surface area (Å²) in [6, 6.07) is 3.72. The number of aryl methyl sites for hydroxylation is 1. The molecule has 2 rings (SSSR count). The van der Waals surface area contributed by atoms with E-state index in [1.165, 1.54) is 22.7 Å². The van der Waals surface area contributed by atoms with Crippen molar-refractivity contribution in [3.8, 4) is 0 Å². The predicted molar refractivity (Wildman–Crippen MR) is 81.2 cm³/mol. The topological polar surface area (TPSA) is 66.4 Å². The van der Waals surface area contributed by atoms with E-state index in [1.54, 1.807) is 6.08 Å².